The van der Waals surface area contributed by atoms with Crippen LogP contribution in [0.5, 0.6) is 5.75 Å². The zero-order valence-electron chi connectivity index (χ0n) is 11.3. The number of rotatable bonds is 4. The molecule has 0 atom stereocenters. The molecule has 0 amide bonds. The smallest absolute Gasteiger partial charge is 0.337 e. The van der Waals surface area contributed by atoms with Crippen molar-refractivity contribution in [3.8, 4) is 5.75 Å². The van der Waals surface area contributed by atoms with Crippen LogP contribution < -0.4 is 0 Å². The van der Waals surface area contributed by atoms with Crippen molar-refractivity contribution in [2.45, 2.75) is 26.2 Å². The molecule has 1 N–H and O–H groups in total. The van der Waals surface area contributed by atoms with Crippen LogP contribution in [0.4, 0.5) is 0 Å². The van der Waals surface area contributed by atoms with E-state index in [0.717, 1.165) is 35.6 Å². The molecule has 0 aliphatic heterocycles. The molecule has 0 saturated heterocycles. The van der Waals surface area contributed by atoms with Gasteiger partial charge in [0.05, 0.1) is 12.7 Å². The third-order valence-electron chi connectivity index (χ3n) is 3.24. The van der Waals surface area contributed by atoms with Gasteiger partial charge < -0.3 is 9.84 Å². The van der Waals surface area contributed by atoms with Crippen LogP contribution in [0.3, 0.4) is 0 Å². The normalized spacial score (nSPS) is 10.6. The van der Waals surface area contributed by atoms with Gasteiger partial charge in [-0.1, -0.05) is 19.4 Å². The van der Waals surface area contributed by atoms with Crippen LogP contribution in [0.25, 0.3) is 10.8 Å². The zero-order valence-corrected chi connectivity index (χ0v) is 11.3. The second-order valence-electron chi connectivity index (χ2n) is 4.64. The molecule has 0 spiro atoms. The Morgan fingerprint density at radius 3 is 2.74 bits per heavy atom. The van der Waals surface area contributed by atoms with E-state index >= 15 is 0 Å². The van der Waals surface area contributed by atoms with Gasteiger partial charge in [0, 0.05) is 0 Å². The van der Waals surface area contributed by atoms with E-state index in [1.807, 2.05) is 12.1 Å². The number of fused-ring (bicyclic) bond motifs is 1. The Morgan fingerprint density at radius 1 is 1.26 bits per heavy atom. The number of hydrogen-bond donors (Lipinski definition) is 1. The quantitative estimate of drug-likeness (QED) is 0.851. The minimum absolute atomic E-state index is 0.205. The van der Waals surface area contributed by atoms with Crippen LogP contribution in [0, 0.1) is 0 Å². The molecule has 0 radical (unpaired) electrons. The maximum Gasteiger partial charge on any atom is 0.337 e. The van der Waals surface area contributed by atoms with Gasteiger partial charge in [-0.2, -0.15) is 0 Å². The first-order valence-electron chi connectivity index (χ1n) is 6.49. The highest BCUT2D eigenvalue weighted by Gasteiger charge is 2.10. The molecule has 0 aliphatic carbocycles. The number of carbonyl (C=O) groups excluding carboxylic acids is 1. The summed E-state index contributed by atoms with van der Waals surface area (Å²) in [6.45, 7) is 2.14. The van der Waals surface area contributed by atoms with E-state index < -0.39 is 0 Å². The molecular formula is C16H18O3. The van der Waals surface area contributed by atoms with Crippen molar-refractivity contribution in [3.63, 3.8) is 0 Å². The van der Waals surface area contributed by atoms with Crippen LogP contribution in [0.15, 0.2) is 30.3 Å². The van der Waals surface area contributed by atoms with Gasteiger partial charge in [-0.15, -0.1) is 0 Å². The molecule has 0 aromatic heterocycles. The van der Waals surface area contributed by atoms with Crippen molar-refractivity contribution in [3.05, 3.63) is 41.5 Å². The summed E-state index contributed by atoms with van der Waals surface area (Å²) >= 11 is 0. The van der Waals surface area contributed by atoms with E-state index in [9.17, 15) is 9.90 Å². The Kier molecular flexibility index (Phi) is 4.05. The van der Waals surface area contributed by atoms with E-state index in [2.05, 4.69) is 6.92 Å². The summed E-state index contributed by atoms with van der Waals surface area (Å²) in [6.07, 6.45) is 3.09. The third kappa shape index (κ3) is 2.87. The van der Waals surface area contributed by atoms with E-state index in [1.54, 1.807) is 18.2 Å². The number of aromatic hydroxyl groups is 1. The minimum atomic E-state index is -0.344. The molecule has 0 heterocycles. The van der Waals surface area contributed by atoms with Gasteiger partial charge in [-0.25, -0.2) is 4.79 Å². The molecule has 0 saturated carbocycles. The Balaban J connectivity index is 2.58. The van der Waals surface area contributed by atoms with E-state index in [1.165, 1.54) is 7.11 Å². The number of phenolic OH excluding ortho intramolecular Hbond substituents is 1. The summed E-state index contributed by atoms with van der Waals surface area (Å²) in [5.74, 6) is -0.140. The number of unbranched alkanes of at least 4 members (excludes halogenated alkanes) is 1. The fraction of sp³-hybridized carbons (Fsp3) is 0.312. The van der Waals surface area contributed by atoms with Crippen molar-refractivity contribution in [1.29, 1.82) is 0 Å². The average molecular weight is 258 g/mol. The number of phenols is 1. The summed E-state index contributed by atoms with van der Waals surface area (Å²) < 4.78 is 4.77. The predicted molar refractivity (Wildman–Crippen MR) is 75.6 cm³/mol. The average Bonchev–Trinajstić information content (AvgIpc) is 2.43. The largest absolute Gasteiger partial charge is 0.508 e. The van der Waals surface area contributed by atoms with Gasteiger partial charge in [-0.05, 0) is 53.4 Å². The maximum atomic E-state index is 11.7. The van der Waals surface area contributed by atoms with E-state index in [0.29, 0.717) is 5.56 Å². The van der Waals surface area contributed by atoms with Crippen molar-refractivity contribution in [2.75, 3.05) is 7.11 Å². The van der Waals surface area contributed by atoms with Crippen LogP contribution in [0.1, 0.15) is 35.7 Å². The lowest BCUT2D eigenvalue weighted by Crippen LogP contribution is -2.02. The summed E-state index contributed by atoms with van der Waals surface area (Å²) in [4.78, 5) is 11.7. The molecule has 2 aromatic rings. The van der Waals surface area contributed by atoms with Gasteiger partial charge in [0.1, 0.15) is 5.75 Å². The predicted octanol–water partition coefficient (Wildman–Crippen LogP) is 3.67. The number of carbonyl (C=O) groups is 1. The van der Waals surface area contributed by atoms with E-state index in [4.69, 9.17) is 4.74 Å². The first-order chi connectivity index (χ1) is 9.15. The molecule has 3 nitrogen and oxygen atoms in total. The summed E-state index contributed by atoms with van der Waals surface area (Å²) in [7, 11) is 1.38. The van der Waals surface area contributed by atoms with Crippen LogP contribution in [-0.2, 0) is 11.2 Å². The number of esters is 1. The second-order valence-corrected chi connectivity index (χ2v) is 4.64. The van der Waals surface area contributed by atoms with Crippen LogP contribution >= 0.6 is 0 Å². The summed E-state index contributed by atoms with van der Waals surface area (Å²) in [5, 5.41) is 11.5. The minimum Gasteiger partial charge on any atom is -0.508 e. The molecule has 0 aliphatic rings. The second kappa shape index (κ2) is 5.74. The van der Waals surface area contributed by atoms with Gasteiger partial charge >= 0.3 is 5.97 Å². The number of hydrogen-bond acceptors (Lipinski definition) is 3. The lowest BCUT2D eigenvalue weighted by Gasteiger charge is -2.09. The van der Waals surface area contributed by atoms with Crippen molar-refractivity contribution in [2.24, 2.45) is 0 Å². The van der Waals surface area contributed by atoms with Gasteiger partial charge in [0.2, 0.25) is 0 Å². The fourth-order valence-corrected chi connectivity index (χ4v) is 2.25. The first kappa shape index (κ1) is 13.4. The molecular weight excluding hydrogens is 240 g/mol. The lowest BCUT2D eigenvalue weighted by molar-refractivity contribution is 0.0601. The molecule has 3 heteroatoms. The third-order valence-corrected chi connectivity index (χ3v) is 3.24. The molecule has 2 rings (SSSR count). The molecule has 0 bridgehead atoms. The Bertz CT molecular complexity index is 602. The molecule has 0 fully saturated rings. The molecule has 2 aromatic carbocycles. The monoisotopic (exact) mass is 258 g/mol. The van der Waals surface area contributed by atoms with Gasteiger partial charge in [-0.3, -0.25) is 0 Å². The first-order valence-corrected chi connectivity index (χ1v) is 6.49. The van der Waals surface area contributed by atoms with Crippen LogP contribution in [-0.4, -0.2) is 18.2 Å². The number of aryl methyl sites for hydroxylation is 1. The fourth-order valence-electron chi connectivity index (χ4n) is 2.25. The number of methoxy groups -OCH3 is 1. The van der Waals surface area contributed by atoms with Crippen LogP contribution in [0.2, 0.25) is 0 Å². The molecule has 0 unspecified atom stereocenters. The highest BCUT2D eigenvalue weighted by molar-refractivity contribution is 5.97. The standard InChI is InChI=1S/C16H18O3/c1-3-4-5-11-8-13(16(18)19-2)9-12-10-14(17)6-7-15(11)12/h6-10,17H,3-5H2,1-2H3. The van der Waals surface area contributed by atoms with Gasteiger partial charge in [0.25, 0.3) is 0 Å². The van der Waals surface area contributed by atoms with Crippen molar-refractivity contribution in [1.82, 2.24) is 0 Å². The highest BCUT2D eigenvalue weighted by Crippen LogP contribution is 2.26. The Hall–Kier alpha value is -2.03. The number of benzene rings is 2. The summed E-state index contributed by atoms with van der Waals surface area (Å²) in [5.41, 5.74) is 1.66. The SMILES string of the molecule is CCCCc1cc(C(=O)OC)cc2cc(O)ccc12. The number of ether oxygens (including phenoxy) is 1. The zero-order chi connectivity index (χ0) is 13.8. The Morgan fingerprint density at radius 2 is 2.05 bits per heavy atom. The van der Waals surface area contributed by atoms with Crippen molar-refractivity contribution >= 4 is 16.7 Å². The lowest BCUT2D eigenvalue weighted by atomic mass is 9.97. The van der Waals surface area contributed by atoms with E-state index in [-0.39, 0.29) is 11.7 Å². The Labute approximate surface area is 112 Å². The maximum absolute atomic E-state index is 11.7. The molecule has 19 heavy (non-hydrogen) atoms. The highest BCUT2D eigenvalue weighted by atomic mass is 16.5. The topological polar surface area (TPSA) is 46.5 Å². The molecule has 100 valence electrons. The summed E-state index contributed by atoms with van der Waals surface area (Å²) in [6, 6.07) is 8.90. The van der Waals surface area contributed by atoms with Gasteiger partial charge in [0.15, 0.2) is 0 Å². The van der Waals surface area contributed by atoms with Crippen molar-refractivity contribution < 1.29 is 14.6 Å².